The van der Waals surface area contributed by atoms with E-state index in [4.69, 9.17) is 0 Å². The van der Waals surface area contributed by atoms with Crippen molar-refractivity contribution >= 4 is 5.91 Å². The molecule has 4 rings (SSSR count). The fourth-order valence-corrected chi connectivity index (χ4v) is 3.56. The Balaban J connectivity index is 1.34. The average Bonchev–Trinajstić information content (AvgIpc) is 3.07. The summed E-state index contributed by atoms with van der Waals surface area (Å²) in [5.41, 5.74) is 1.10. The minimum absolute atomic E-state index is 0.0688. The quantitative estimate of drug-likeness (QED) is 0.621. The molecule has 2 aromatic heterocycles. The Morgan fingerprint density at radius 1 is 1.10 bits per heavy atom. The molecule has 0 bridgehead atoms. The molecule has 150 valence electrons. The third kappa shape index (κ3) is 4.06. The molecular weight excluding hydrogens is 370 g/mol. The highest BCUT2D eigenvalue weighted by molar-refractivity contribution is 5.94. The summed E-state index contributed by atoms with van der Waals surface area (Å²) < 4.78 is 3.20. The van der Waals surface area contributed by atoms with Crippen LogP contribution in [0, 0.1) is 0 Å². The SMILES string of the molecule is O=C(NCCCn1nc2n(c1=O)CCCC2)c1ccc(-c2ccccc2)[nH]c1=O. The van der Waals surface area contributed by atoms with Crippen LogP contribution < -0.4 is 16.6 Å². The minimum Gasteiger partial charge on any atom is -0.352 e. The van der Waals surface area contributed by atoms with Crippen LogP contribution in [0.25, 0.3) is 11.3 Å². The summed E-state index contributed by atoms with van der Waals surface area (Å²) >= 11 is 0. The summed E-state index contributed by atoms with van der Waals surface area (Å²) in [6.07, 6.45) is 3.46. The zero-order valence-electron chi connectivity index (χ0n) is 16.1. The fraction of sp³-hybridized carbons (Fsp3) is 0.333. The van der Waals surface area contributed by atoms with Gasteiger partial charge in [0.25, 0.3) is 11.5 Å². The smallest absolute Gasteiger partial charge is 0.345 e. The minimum atomic E-state index is -0.429. The monoisotopic (exact) mass is 393 g/mol. The van der Waals surface area contributed by atoms with Crippen molar-refractivity contribution in [2.24, 2.45) is 0 Å². The molecule has 1 aromatic carbocycles. The number of hydrogen-bond donors (Lipinski definition) is 2. The number of pyridine rings is 1. The van der Waals surface area contributed by atoms with Gasteiger partial charge in [0.05, 0.1) is 0 Å². The maximum Gasteiger partial charge on any atom is 0.345 e. The van der Waals surface area contributed by atoms with Gasteiger partial charge in [-0.1, -0.05) is 30.3 Å². The van der Waals surface area contributed by atoms with Gasteiger partial charge in [-0.3, -0.25) is 14.2 Å². The number of nitrogens with zero attached hydrogens (tertiary/aromatic N) is 3. The van der Waals surface area contributed by atoms with E-state index < -0.39 is 11.5 Å². The second-order valence-corrected chi connectivity index (χ2v) is 7.12. The Hall–Kier alpha value is -3.42. The lowest BCUT2D eigenvalue weighted by molar-refractivity contribution is 0.0951. The van der Waals surface area contributed by atoms with E-state index in [2.05, 4.69) is 15.4 Å². The molecule has 0 fully saturated rings. The lowest BCUT2D eigenvalue weighted by atomic mass is 10.1. The number of aromatic amines is 1. The first-order valence-corrected chi connectivity index (χ1v) is 9.87. The number of aromatic nitrogens is 4. The highest BCUT2D eigenvalue weighted by Gasteiger charge is 2.16. The molecule has 0 atom stereocenters. The molecule has 0 saturated heterocycles. The number of H-pyrrole nitrogens is 1. The molecular formula is C21H23N5O3. The molecule has 1 aliphatic rings. The first-order valence-electron chi connectivity index (χ1n) is 9.87. The van der Waals surface area contributed by atoms with Crippen LogP contribution in [-0.2, 0) is 19.5 Å². The Kier molecular flexibility index (Phi) is 5.41. The van der Waals surface area contributed by atoms with Crippen LogP contribution in [0.1, 0.15) is 35.4 Å². The Bertz CT molecular complexity index is 1130. The van der Waals surface area contributed by atoms with Crippen LogP contribution in [-0.4, -0.2) is 31.8 Å². The molecule has 8 heteroatoms. The molecule has 3 heterocycles. The van der Waals surface area contributed by atoms with Gasteiger partial charge in [-0.05, 0) is 37.0 Å². The van der Waals surface area contributed by atoms with Crippen LogP contribution >= 0.6 is 0 Å². The number of amides is 1. The van der Waals surface area contributed by atoms with Crippen LogP contribution in [0.3, 0.4) is 0 Å². The standard InChI is InChI=1S/C21H23N5O3/c27-19(16-10-11-17(23-20(16)28)15-7-2-1-3-8-15)22-12-6-14-26-21(29)25-13-5-4-9-18(25)24-26/h1-3,7-8,10-11H,4-6,9,12-14H2,(H,22,27)(H,23,28). The predicted molar refractivity (Wildman–Crippen MR) is 109 cm³/mol. The van der Waals surface area contributed by atoms with Gasteiger partial charge in [-0.25, -0.2) is 9.48 Å². The van der Waals surface area contributed by atoms with Gasteiger partial charge in [0.1, 0.15) is 11.4 Å². The molecule has 2 N–H and O–H groups in total. The van der Waals surface area contributed by atoms with E-state index in [-0.39, 0.29) is 11.3 Å². The summed E-state index contributed by atoms with van der Waals surface area (Å²) in [4.78, 5) is 39.7. The molecule has 0 saturated carbocycles. The number of fused-ring (bicyclic) bond motifs is 1. The van der Waals surface area contributed by atoms with Gasteiger partial charge < -0.3 is 10.3 Å². The number of carbonyl (C=O) groups excluding carboxylic acids is 1. The number of hydrogen-bond acceptors (Lipinski definition) is 4. The van der Waals surface area contributed by atoms with E-state index in [1.54, 1.807) is 10.6 Å². The van der Waals surface area contributed by atoms with Gasteiger partial charge in [-0.15, -0.1) is 0 Å². The molecule has 8 nitrogen and oxygen atoms in total. The first-order chi connectivity index (χ1) is 14.1. The van der Waals surface area contributed by atoms with Crippen molar-refractivity contribution in [3.05, 3.63) is 74.7 Å². The Morgan fingerprint density at radius 3 is 2.69 bits per heavy atom. The molecule has 29 heavy (non-hydrogen) atoms. The van der Waals surface area contributed by atoms with Crippen molar-refractivity contribution in [3.63, 3.8) is 0 Å². The third-order valence-electron chi connectivity index (χ3n) is 5.10. The third-order valence-corrected chi connectivity index (χ3v) is 5.10. The van der Waals surface area contributed by atoms with Crippen molar-refractivity contribution in [2.75, 3.05) is 6.54 Å². The summed E-state index contributed by atoms with van der Waals surface area (Å²) in [5.74, 6) is 0.415. The van der Waals surface area contributed by atoms with Gasteiger partial charge in [0, 0.05) is 31.7 Å². The number of rotatable bonds is 6. The maximum absolute atomic E-state index is 12.3. The molecule has 1 amide bonds. The average molecular weight is 393 g/mol. The van der Waals surface area contributed by atoms with Crippen molar-refractivity contribution in [2.45, 2.75) is 38.8 Å². The molecule has 0 aliphatic carbocycles. The maximum atomic E-state index is 12.3. The molecule has 0 spiro atoms. The summed E-state index contributed by atoms with van der Waals surface area (Å²) in [6, 6.07) is 12.7. The fourth-order valence-electron chi connectivity index (χ4n) is 3.56. The normalized spacial score (nSPS) is 13.1. The second-order valence-electron chi connectivity index (χ2n) is 7.12. The lowest BCUT2D eigenvalue weighted by Crippen LogP contribution is -2.32. The topological polar surface area (TPSA) is 102 Å². The summed E-state index contributed by atoms with van der Waals surface area (Å²) in [6.45, 7) is 1.52. The largest absolute Gasteiger partial charge is 0.352 e. The van der Waals surface area contributed by atoms with Crippen LogP contribution in [0.4, 0.5) is 0 Å². The molecule has 0 radical (unpaired) electrons. The van der Waals surface area contributed by atoms with E-state index in [1.807, 2.05) is 30.3 Å². The lowest BCUT2D eigenvalue weighted by Gasteiger charge is -2.09. The Morgan fingerprint density at radius 2 is 1.93 bits per heavy atom. The van der Waals surface area contributed by atoms with Gasteiger partial charge in [0.2, 0.25) is 0 Å². The van der Waals surface area contributed by atoms with Crippen molar-refractivity contribution in [1.29, 1.82) is 0 Å². The highest BCUT2D eigenvalue weighted by Crippen LogP contribution is 2.14. The Labute approximate surface area is 167 Å². The van der Waals surface area contributed by atoms with Crippen LogP contribution in [0.2, 0.25) is 0 Å². The van der Waals surface area contributed by atoms with E-state index in [0.29, 0.717) is 25.2 Å². The summed E-state index contributed by atoms with van der Waals surface area (Å²) in [5, 5.41) is 7.12. The van der Waals surface area contributed by atoms with Crippen molar-refractivity contribution in [1.82, 2.24) is 24.6 Å². The predicted octanol–water partition coefficient (Wildman–Crippen LogP) is 1.56. The number of benzene rings is 1. The van der Waals surface area contributed by atoms with E-state index >= 15 is 0 Å². The number of carbonyl (C=O) groups is 1. The number of aryl methyl sites for hydroxylation is 2. The van der Waals surface area contributed by atoms with E-state index in [1.165, 1.54) is 10.7 Å². The van der Waals surface area contributed by atoms with Crippen molar-refractivity contribution < 1.29 is 4.79 Å². The molecule has 1 aliphatic heterocycles. The van der Waals surface area contributed by atoms with Crippen LogP contribution in [0.15, 0.2) is 52.1 Å². The summed E-state index contributed by atoms with van der Waals surface area (Å²) in [7, 11) is 0. The van der Waals surface area contributed by atoms with Crippen molar-refractivity contribution in [3.8, 4) is 11.3 Å². The van der Waals surface area contributed by atoms with Gasteiger partial charge in [-0.2, -0.15) is 5.10 Å². The van der Waals surface area contributed by atoms with E-state index in [9.17, 15) is 14.4 Å². The zero-order chi connectivity index (χ0) is 20.2. The number of nitrogens with one attached hydrogen (secondary N) is 2. The van der Waals surface area contributed by atoms with Gasteiger partial charge in [0.15, 0.2) is 0 Å². The van der Waals surface area contributed by atoms with Crippen LogP contribution in [0.5, 0.6) is 0 Å². The molecule has 3 aromatic rings. The zero-order valence-corrected chi connectivity index (χ0v) is 16.1. The first kappa shape index (κ1) is 18.9. The highest BCUT2D eigenvalue weighted by atomic mass is 16.2. The molecule has 0 unspecified atom stereocenters. The van der Waals surface area contributed by atoms with Gasteiger partial charge >= 0.3 is 5.69 Å². The van der Waals surface area contributed by atoms with E-state index in [0.717, 1.165) is 37.2 Å². The second kappa shape index (κ2) is 8.30.